The SMILES string of the molecule is COc1ccc(C(=O)CNc2ccc(S(=O)(=O)N(C)c3ccccc3)cc2)cc1Cl. The van der Waals surface area contributed by atoms with Gasteiger partial charge in [0.05, 0.1) is 29.3 Å². The van der Waals surface area contributed by atoms with Crippen LogP contribution < -0.4 is 14.4 Å². The van der Waals surface area contributed by atoms with Gasteiger partial charge in [-0.3, -0.25) is 9.10 Å². The summed E-state index contributed by atoms with van der Waals surface area (Å²) in [5.74, 6) is 0.346. The van der Waals surface area contributed by atoms with Gasteiger partial charge in [-0.1, -0.05) is 29.8 Å². The van der Waals surface area contributed by atoms with E-state index in [1.807, 2.05) is 6.07 Å². The van der Waals surface area contributed by atoms with Crippen LogP contribution in [-0.4, -0.2) is 34.9 Å². The van der Waals surface area contributed by atoms with Crippen molar-refractivity contribution in [2.24, 2.45) is 0 Å². The van der Waals surface area contributed by atoms with E-state index in [0.29, 0.717) is 27.7 Å². The van der Waals surface area contributed by atoms with Crippen LogP contribution in [0.2, 0.25) is 5.02 Å². The fraction of sp³-hybridized carbons (Fsp3) is 0.136. The molecule has 0 radical (unpaired) electrons. The number of ether oxygens (including phenoxy) is 1. The van der Waals surface area contributed by atoms with Gasteiger partial charge in [0.25, 0.3) is 10.0 Å². The van der Waals surface area contributed by atoms with Gasteiger partial charge in [0.1, 0.15) is 5.75 Å². The Hall–Kier alpha value is -3.03. The first-order chi connectivity index (χ1) is 14.3. The van der Waals surface area contributed by atoms with E-state index in [1.54, 1.807) is 54.6 Å². The summed E-state index contributed by atoms with van der Waals surface area (Å²) in [7, 11) is -0.667. The number of para-hydroxylation sites is 1. The lowest BCUT2D eigenvalue weighted by Gasteiger charge is -2.19. The van der Waals surface area contributed by atoms with Gasteiger partial charge in [-0.25, -0.2) is 8.42 Å². The number of sulfonamides is 1. The lowest BCUT2D eigenvalue weighted by molar-refractivity contribution is 0.101. The lowest BCUT2D eigenvalue weighted by atomic mass is 10.1. The van der Waals surface area contributed by atoms with Crippen molar-refractivity contribution >= 4 is 38.8 Å². The first-order valence-corrected chi connectivity index (χ1v) is 10.9. The minimum absolute atomic E-state index is 0.0403. The molecule has 0 heterocycles. The van der Waals surface area contributed by atoms with Crippen LogP contribution in [0.25, 0.3) is 0 Å². The summed E-state index contributed by atoms with van der Waals surface area (Å²) in [4.78, 5) is 12.5. The molecule has 0 aliphatic rings. The molecule has 0 aliphatic carbocycles. The first-order valence-electron chi connectivity index (χ1n) is 9.07. The van der Waals surface area contributed by atoms with Crippen LogP contribution in [-0.2, 0) is 10.0 Å². The third kappa shape index (κ3) is 4.75. The fourth-order valence-electron chi connectivity index (χ4n) is 2.80. The summed E-state index contributed by atoms with van der Waals surface area (Å²) in [6.07, 6.45) is 0. The number of methoxy groups -OCH3 is 1. The monoisotopic (exact) mass is 444 g/mol. The number of ketones is 1. The summed E-state index contributed by atoms with van der Waals surface area (Å²) in [6.45, 7) is 0.0403. The Labute approximate surface area is 181 Å². The van der Waals surface area contributed by atoms with Gasteiger partial charge in [0.15, 0.2) is 5.78 Å². The van der Waals surface area contributed by atoms with E-state index in [2.05, 4.69) is 5.32 Å². The quantitative estimate of drug-likeness (QED) is 0.519. The van der Waals surface area contributed by atoms with Gasteiger partial charge < -0.3 is 10.1 Å². The molecule has 0 saturated heterocycles. The number of carbonyl (C=O) groups is 1. The van der Waals surface area contributed by atoms with Gasteiger partial charge in [-0.2, -0.15) is 0 Å². The number of halogens is 1. The zero-order valence-corrected chi connectivity index (χ0v) is 18.1. The largest absolute Gasteiger partial charge is 0.495 e. The molecule has 0 bridgehead atoms. The number of rotatable bonds is 8. The molecule has 0 atom stereocenters. The number of hydrogen-bond acceptors (Lipinski definition) is 5. The number of anilines is 2. The number of nitrogens with one attached hydrogen (secondary N) is 1. The second kappa shape index (κ2) is 9.19. The van der Waals surface area contributed by atoms with Crippen molar-refractivity contribution in [2.45, 2.75) is 4.90 Å². The summed E-state index contributed by atoms with van der Waals surface area (Å²) < 4.78 is 31.9. The molecular formula is C22H21ClN2O4S. The molecule has 3 aromatic carbocycles. The van der Waals surface area contributed by atoms with Crippen molar-refractivity contribution in [3.63, 3.8) is 0 Å². The van der Waals surface area contributed by atoms with Crippen molar-refractivity contribution in [3.05, 3.63) is 83.4 Å². The van der Waals surface area contributed by atoms with Crippen LogP contribution >= 0.6 is 11.6 Å². The van der Waals surface area contributed by atoms with E-state index in [9.17, 15) is 13.2 Å². The predicted octanol–water partition coefficient (Wildman–Crippen LogP) is 4.47. The number of carbonyl (C=O) groups excluding carboxylic acids is 1. The van der Waals surface area contributed by atoms with E-state index < -0.39 is 10.0 Å². The molecule has 156 valence electrons. The molecule has 0 saturated carbocycles. The Bertz CT molecular complexity index is 1130. The maximum Gasteiger partial charge on any atom is 0.264 e. The second-order valence-electron chi connectivity index (χ2n) is 6.46. The number of hydrogen-bond donors (Lipinski definition) is 1. The average molecular weight is 445 g/mol. The first kappa shape index (κ1) is 21.7. The molecule has 30 heavy (non-hydrogen) atoms. The van der Waals surface area contributed by atoms with Crippen LogP contribution in [0, 0.1) is 0 Å². The minimum atomic E-state index is -3.68. The van der Waals surface area contributed by atoms with Gasteiger partial charge >= 0.3 is 0 Å². The second-order valence-corrected chi connectivity index (χ2v) is 8.83. The Morgan fingerprint density at radius 3 is 2.30 bits per heavy atom. The van der Waals surface area contributed by atoms with Crippen molar-refractivity contribution in [1.29, 1.82) is 0 Å². The topological polar surface area (TPSA) is 75.7 Å². The number of Topliss-reactive ketones (excluding diaryl/α,β-unsaturated/α-hetero) is 1. The van der Waals surface area contributed by atoms with Crippen molar-refractivity contribution in [3.8, 4) is 5.75 Å². The highest BCUT2D eigenvalue weighted by Gasteiger charge is 2.21. The maximum absolute atomic E-state index is 12.8. The van der Waals surface area contributed by atoms with E-state index in [-0.39, 0.29) is 17.2 Å². The summed E-state index contributed by atoms with van der Waals surface area (Å²) in [5, 5.41) is 3.36. The molecule has 0 amide bonds. The smallest absolute Gasteiger partial charge is 0.264 e. The Balaban J connectivity index is 1.67. The average Bonchev–Trinajstić information content (AvgIpc) is 2.77. The van der Waals surface area contributed by atoms with Gasteiger partial charge in [-0.05, 0) is 54.6 Å². The molecule has 0 fully saturated rings. The van der Waals surface area contributed by atoms with Gasteiger partial charge in [0, 0.05) is 18.3 Å². The highest BCUT2D eigenvalue weighted by molar-refractivity contribution is 7.92. The standard InChI is InChI=1S/C22H21ClN2O4S/c1-25(18-6-4-3-5-7-18)30(27,28)19-11-9-17(10-12-19)24-15-21(26)16-8-13-22(29-2)20(23)14-16/h3-14,24H,15H2,1-2H3. The molecular weight excluding hydrogens is 424 g/mol. The molecule has 0 unspecified atom stereocenters. The van der Waals surface area contributed by atoms with Crippen LogP contribution in [0.15, 0.2) is 77.7 Å². The van der Waals surface area contributed by atoms with E-state index in [0.717, 1.165) is 0 Å². The van der Waals surface area contributed by atoms with E-state index >= 15 is 0 Å². The summed E-state index contributed by atoms with van der Waals surface area (Å²) in [5.41, 5.74) is 1.66. The van der Waals surface area contributed by atoms with Crippen LogP contribution in [0.1, 0.15) is 10.4 Å². The third-order valence-corrected chi connectivity index (χ3v) is 6.65. The zero-order valence-electron chi connectivity index (χ0n) is 16.5. The van der Waals surface area contributed by atoms with Crippen LogP contribution in [0.3, 0.4) is 0 Å². The molecule has 3 rings (SSSR count). The summed E-state index contributed by atoms with van der Waals surface area (Å²) >= 11 is 6.06. The summed E-state index contributed by atoms with van der Waals surface area (Å²) in [6, 6.07) is 19.9. The predicted molar refractivity (Wildman–Crippen MR) is 119 cm³/mol. The minimum Gasteiger partial charge on any atom is -0.495 e. The molecule has 8 heteroatoms. The van der Waals surface area contributed by atoms with Crippen molar-refractivity contribution < 1.29 is 17.9 Å². The normalized spacial score (nSPS) is 11.0. The highest BCUT2D eigenvalue weighted by atomic mass is 35.5. The van der Waals surface area contributed by atoms with E-state index in [4.69, 9.17) is 16.3 Å². The zero-order chi connectivity index (χ0) is 21.7. The molecule has 6 nitrogen and oxygen atoms in total. The number of nitrogens with zero attached hydrogens (tertiary/aromatic N) is 1. The Morgan fingerprint density at radius 1 is 1.03 bits per heavy atom. The highest BCUT2D eigenvalue weighted by Crippen LogP contribution is 2.25. The maximum atomic E-state index is 12.8. The third-order valence-electron chi connectivity index (χ3n) is 4.56. The molecule has 1 N–H and O–H groups in total. The van der Waals surface area contributed by atoms with Crippen LogP contribution in [0.5, 0.6) is 5.75 Å². The molecule has 0 aliphatic heterocycles. The molecule has 3 aromatic rings. The van der Waals surface area contributed by atoms with Crippen molar-refractivity contribution in [1.82, 2.24) is 0 Å². The molecule has 0 aromatic heterocycles. The van der Waals surface area contributed by atoms with Crippen molar-refractivity contribution in [2.75, 3.05) is 30.3 Å². The lowest BCUT2D eigenvalue weighted by Crippen LogP contribution is -2.26. The van der Waals surface area contributed by atoms with Crippen LogP contribution in [0.4, 0.5) is 11.4 Å². The Morgan fingerprint density at radius 2 is 1.70 bits per heavy atom. The Kier molecular flexibility index (Phi) is 6.64. The van der Waals surface area contributed by atoms with Gasteiger partial charge in [-0.15, -0.1) is 0 Å². The number of benzene rings is 3. The van der Waals surface area contributed by atoms with E-state index in [1.165, 1.54) is 30.6 Å². The fourth-order valence-corrected chi connectivity index (χ4v) is 4.26. The molecule has 0 spiro atoms. The van der Waals surface area contributed by atoms with Gasteiger partial charge in [0.2, 0.25) is 0 Å².